The molecule has 1 rings (SSSR count). The zero-order chi connectivity index (χ0) is 23.0. The lowest BCUT2D eigenvalue weighted by molar-refractivity contribution is -0.272. The van der Waals surface area contributed by atoms with E-state index in [0.29, 0.717) is 6.54 Å². The number of nitrogens with zero attached hydrogens (tertiary/aromatic N) is 3. The fraction of sp³-hybridized carbons (Fsp3) is 0.722. The molecule has 1 heterocycles. The topological polar surface area (TPSA) is 113 Å². The first-order chi connectivity index (χ1) is 13.8. The SMILES string of the molecule is CCNC(=NCCC(O)(c1nccn1C)C(F)(F)F)NCCNC(=O)OC(C)(C)C. The molecule has 0 spiro atoms. The maximum atomic E-state index is 13.5. The van der Waals surface area contributed by atoms with Crippen LogP contribution >= 0.6 is 0 Å². The third kappa shape index (κ3) is 7.73. The number of amides is 1. The number of aliphatic imine (C=N–C) groups is 1. The van der Waals surface area contributed by atoms with E-state index in [2.05, 4.69) is 25.9 Å². The van der Waals surface area contributed by atoms with Crippen LogP contribution in [0.25, 0.3) is 0 Å². The number of carbonyl (C=O) groups excluding carboxylic acids is 1. The quantitative estimate of drug-likeness (QED) is 0.280. The summed E-state index contributed by atoms with van der Waals surface area (Å²) in [5.41, 5.74) is -3.74. The molecular weight excluding hydrogens is 405 g/mol. The van der Waals surface area contributed by atoms with E-state index >= 15 is 0 Å². The molecule has 0 saturated carbocycles. The number of rotatable bonds is 8. The van der Waals surface area contributed by atoms with Crippen LogP contribution in [0.1, 0.15) is 39.9 Å². The molecule has 1 amide bonds. The molecule has 0 saturated heterocycles. The number of nitrogens with one attached hydrogen (secondary N) is 3. The van der Waals surface area contributed by atoms with Crippen LogP contribution in [0.15, 0.2) is 17.4 Å². The monoisotopic (exact) mass is 436 g/mol. The third-order valence-electron chi connectivity index (χ3n) is 3.83. The van der Waals surface area contributed by atoms with Gasteiger partial charge in [-0.05, 0) is 27.7 Å². The van der Waals surface area contributed by atoms with Crippen LogP contribution in [0, 0.1) is 0 Å². The number of halogens is 3. The van der Waals surface area contributed by atoms with Gasteiger partial charge >= 0.3 is 12.3 Å². The largest absolute Gasteiger partial charge is 0.444 e. The second kappa shape index (κ2) is 10.5. The summed E-state index contributed by atoms with van der Waals surface area (Å²) in [6.45, 7) is 7.70. The second-order valence-electron chi connectivity index (χ2n) is 7.59. The van der Waals surface area contributed by atoms with Crippen molar-refractivity contribution in [3.05, 3.63) is 18.2 Å². The number of hydrogen-bond donors (Lipinski definition) is 4. The molecule has 0 aliphatic carbocycles. The molecule has 0 aromatic carbocycles. The summed E-state index contributed by atoms with van der Waals surface area (Å²) in [6, 6.07) is 0. The molecule has 1 unspecified atom stereocenters. The van der Waals surface area contributed by atoms with Gasteiger partial charge in [0.25, 0.3) is 0 Å². The van der Waals surface area contributed by atoms with Crippen LogP contribution in [0.5, 0.6) is 0 Å². The van der Waals surface area contributed by atoms with E-state index in [-0.39, 0.29) is 25.6 Å². The first kappa shape index (κ1) is 25.5. The molecule has 1 aromatic rings. The second-order valence-corrected chi connectivity index (χ2v) is 7.59. The Morgan fingerprint density at radius 3 is 2.37 bits per heavy atom. The summed E-state index contributed by atoms with van der Waals surface area (Å²) < 4.78 is 46.8. The van der Waals surface area contributed by atoms with Gasteiger partial charge in [-0.25, -0.2) is 9.78 Å². The Labute approximate surface area is 174 Å². The van der Waals surface area contributed by atoms with Crippen LogP contribution in [-0.2, 0) is 17.4 Å². The zero-order valence-electron chi connectivity index (χ0n) is 17.9. The predicted octanol–water partition coefficient (Wildman–Crippen LogP) is 1.64. The van der Waals surface area contributed by atoms with Crippen LogP contribution in [0.4, 0.5) is 18.0 Å². The van der Waals surface area contributed by atoms with Gasteiger partial charge in [0.2, 0.25) is 5.60 Å². The van der Waals surface area contributed by atoms with Crippen molar-refractivity contribution >= 4 is 12.1 Å². The highest BCUT2D eigenvalue weighted by Crippen LogP contribution is 2.40. The van der Waals surface area contributed by atoms with Crippen LogP contribution in [0.2, 0.25) is 0 Å². The molecule has 30 heavy (non-hydrogen) atoms. The summed E-state index contributed by atoms with van der Waals surface area (Å²) >= 11 is 0. The zero-order valence-corrected chi connectivity index (χ0v) is 17.9. The van der Waals surface area contributed by atoms with Crippen molar-refractivity contribution in [3.63, 3.8) is 0 Å². The lowest BCUT2D eigenvalue weighted by Crippen LogP contribution is -2.45. The van der Waals surface area contributed by atoms with Crippen LogP contribution in [0.3, 0.4) is 0 Å². The number of hydrogen-bond acceptors (Lipinski definition) is 5. The minimum absolute atomic E-state index is 0.221. The number of alkyl carbamates (subject to hydrolysis) is 1. The highest BCUT2D eigenvalue weighted by molar-refractivity contribution is 5.79. The molecule has 12 heteroatoms. The van der Waals surface area contributed by atoms with E-state index in [0.717, 1.165) is 4.57 Å². The summed E-state index contributed by atoms with van der Waals surface area (Å²) in [7, 11) is 1.38. The predicted molar refractivity (Wildman–Crippen MR) is 106 cm³/mol. The van der Waals surface area contributed by atoms with E-state index in [1.807, 2.05) is 0 Å². The molecule has 1 atom stereocenters. The Hall–Kier alpha value is -2.50. The van der Waals surface area contributed by atoms with E-state index in [9.17, 15) is 23.1 Å². The molecular formula is C18H31F3N6O3. The van der Waals surface area contributed by atoms with Gasteiger partial charge in [-0.1, -0.05) is 0 Å². The number of ether oxygens (including phenoxy) is 1. The van der Waals surface area contributed by atoms with Crippen molar-refractivity contribution in [1.29, 1.82) is 0 Å². The fourth-order valence-electron chi connectivity index (χ4n) is 2.48. The number of aromatic nitrogens is 2. The van der Waals surface area contributed by atoms with Crippen molar-refractivity contribution in [3.8, 4) is 0 Å². The van der Waals surface area contributed by atoms with Crippen molar-refractivity contribution in [2.45, 2.75) is 51.5 Å². The Morgan fingerprint density at radius 2 is 1.87 bits per heavy atom. The summed E-state index contributed by atoms with van der Waals surface area (Å²) in [5, 5.41) is 18.7. The van der Waals surface area contributed by atoms with Gasteiger partial charge in [-0.15, -0.1) is 0 Å². The molecule has 4 N–H and O–H groups in total. The fourth-order valence-corrected chi connectivity index (χ4v) is 2.48. The first-order valence-electron chi connectivity index (χ1n) is 9.56. The number of carbonyl (C=O) groups is 1. The van der Waals surface area contributed by atoms with Gasteiger partial charge < -0.3 is 30.4 Å². The van der Waals surface area contributed by atoms with Crippen molar-refractivity contribution in [1.82, 2.24) is 25.5 Å². The number of guanidine groups is 1. The van der Waals surface area contributed by atoms with Gasteiger partial charge in [0, 0.05) is 52.0 Å². The Morgan fingerprint density at radius 1 is 1.23 bits per heavy atom. The molecule has 0 aliphatic heterocycles. The third-order valence-corrected chi connectivity index (χ3v) is 3.83. The maximum absolute atomic E-state index is 13.5. The van der Waals surface area contributed by atoms with Gasteiger partial charge in [-0.3, -0.25) is 4.99 Å². The van der Waals surface area contributed by atoms with E-state index in [1.54, 1.807) is 27.7 Å². The van der Waals surface area contributed by atoms with E-state index < -0.39 is 35.7 Å². The normalized spacial score (nSPS) is 14.8. The average Bonchev–Trinajstić information content (AvgIpc) is 3.02. The summed E-state index contributed by atoms with van der Waals surface area (Å²) in [6.07, 6.45) is -3.66. The summed E-state index contributed by atoms with van der Waals surface area (Å²) in [5.74, 6) is -0.238. The standard InChI is InChI=1S/C18H31F3N6O3/c1-6-22-14(25-9-10-26-15(28)30-16(2,3)4)24-8-7-17(29,18(19,20)21)13-23-11-12-27(13)5/h11-12,29H,6-10H2,1-5H3,(H,26,28)(H2,22,24,25). The molecule has 9 nitrogen and oxygen atoms in total. The van der Waals surface area contributed by atoms with Crippen LogP contribution < -0.4 is 16.0 Å². The molecule has 172 valence electrons. The minimum atomic E-state index is -4.91. The smallest absolute Gasteiger partial charge is 0.424 e. The molecule has 0 fully saturated rings. The minimum Gasteiger partial charge on any atom is -0.444 e. The number of aliphatic hydroxyl groups is 1. The Kier molecular flexibility index (Phi) is 8.94. The number of alkyl halides is 3. The molecule has 0 radical (unpaired) electrons. The summed E-state index contributed by atoms with van der Waals surface area (Å²) in [4.78, 5) is 19.3. The van der Waals surface area contributed by atoms with Crippen molar-refractivity contribution < 1.29 is 27.8 Å². The Bertz CT molecular complexity index is 715. The Balaban J connectivity index is 2.67. The number of imidazole rings is 1. The van der Waals surface area contributed by atoms with Crippen LogP contribution in [-0.4, -0.2) is 64.7 Å². The number of aryl methyl sites for hydroxylation is 1. The lowest BCUT2D eigenvalue weighted by atomic mass is 9.98. The first-order valence-corrected chi connectivity index (χ1v) is 9.56. The lowest BCUT2D eigenvalue weighted by Gasteiger charge is -2.29. The van der Waals surface area contributed by atoms with Gasteiger partial charge in [-0.2, -0.15) is 13.2 Å². The highest BCUT2D eigenvalue weighted by atomic mass is 19.4. The average molecular weight is 436 g/mol. The van der Waals surface area contributed by atoms with E-state index in [1.165, 1.54) is 19.4 Å². The molecule has 0 bridgehead atoms. The maximum Gasteiger partial charge on any atom is 0.424 e. The van der Waals surface area contributed by atoms with Gasteiger partial charge in [0.15, 0.2) is 5.96 Å². The van der Waals surface area contributed by atoms with Crippen molar-refractivity contribution in [2.24, 2.45) is 12.0 Å². The highest BCUT2D eigenvalue weighted by Gasteiger charge is 2.57. The van der Waals surface area contributed by atoms with E-state index in [4.69, 9.17) is 4.74 Å². The van der Waals surface area contributed by atoms with Gasteiger partial charge in [0.1, 0.15) is 11.4 Å². The molecule has 0 aliphatic rings. The van der Waals surface area contributed by atoms with Gasteiger partial charge in [0.05, 0.1) is 0 Å². The van der Waals surface area contributed by atoms with Crippen molar-refractivity contribution in [2.75, 3.05) is 26.2 Å². The molecule has 1 aromatic heterocycles.